The lowest BCUT2D eigenvalue weighted by Gasteiger charge is -2.09. The standard InChI is InChI=1S/C20H19N3O3/c24-19(11-6-14-25-17-8-2-1-3-9-17)22-16-7-4-10-18(15-16)26-20-12-5-13-21-23-20/h1-5,7-10,12-13,15H,6,11,14H2,(H,22,24). The summed E-state index contributed by atoms with van der Waals surface area (Å²) in [4.78, 5) is 12.1. The highest BCUT2D eigenvalue weighted by molar-refractivity contribution is 5.90. The molecule has 0 aliphatic rings. The zero-order chi connectivity index (χ0) is 18.0. The van der Waals surface area contributed by atoms with E-state index in [1.165, 1.54) is 0 Å². The molecular formula is C20H19N3O3. The number of hydrogen-bond acceptors (Lipinski definition) is 5. The van der Waals surface area contributed by atoms with E-state index in [1.807, 2.05) is 36.4 Å². The Morgan fingerprint density at radius 2 is 1.81 bits per heavy atom. The van der Waals surface area contributed by atoms with Gasteiger partial charge in [-0.25, -0.2) is 0 Å². The van der Waals surface area contributed by atoms with Crippen LogP contribution in [0.3, 0.4) is 0 Å². The van der Waals surface area contributed by atoms with Gasteiger partial charge in [0.25, 0.3) is 0 Å². The van der Waals surface area contributed by atoms with Crippen molar-refractivity contribution in [1.82, 2.24) is 10.2 Å². The van der Waals surface area contributed by atoms with E-state index in [-0.39, 0.29) is 5.91 Å². The molecule has 0 unspecified atom stereocenters. The molecule has 1 heterocycles. The second-order valence-electron chi connectivity index (χ2n) is 5.51. The summed E-state index contributed by atoms with van der Waals surface area (Å²) < 4.78 is 11.2. The zero-order valence-corrected chi connectivity index (χ0v) is 14.2. The minimum Gasteiger partial charge on any atom is -0.494 e. The van der Waals surface area contributed by atoms with Crippen molar-refractivity contribution in [3.05, 3.63) is 72.9 Å². The summed E-state index contributed by atoms with van der Waals surface area (Å²) in [6.45, 7) is 0.493. The van der Waals surface area contributed by atoms with Gasteiger partial charge in [0, 0.05) is 30.4 Å². The van der Waals surface area contributed by atoms with Gasteiger partial charge in [-0.2, -0.15) is 5.10 Å². The predicted molar refractivity (Wildman–Crippen MR) is 98.3 cm³/mol. The lowest BCUT2D eigenvalue weighted by molar-refractivity contribution is -0.116. The lowest BCUT2D eigenvalue weighted by Crippen LogP contribution is -2.12. The third-order valence-electron chi connectivity index (χ3n) is 3.45. The van der Waals surface area contributed by atoms with E-state index in [0.29, 0.717) is 36.8 Å². The first kappa shape index (κ1) is 17.4. The maximum atomic E-state index is 12.1. The Labute approximate surface area is 151 Å². The van der Waals surface area contributed by atoms with Gasteiger partial charge in [0.15, 0.2) is 0 Å². The molecule has 0 saturated heterocycles. The van der Waals surface area contributed by atoms with Crippen molar-refractivity contribution in [1.29, 1.82) is 0 Å². The van der Waals surface area contributed by atoms with Crippen LogP contribution in [0.25, 0.3) is 0 Å². The van der Waals surface area contributed by atoms with Gasteiger partial charge in [0.2, 0.25) is 11.8 Å². The molecule has 1 amide bonds. The number of nitrogens with one attached hydrogen (secondary N) is 1. The van der Waals surface area contributed by atoms with Crippen molar-refractivity contribution in [2.75, 3.05) is 11.9 Å². The Hall–Kier alpha value is -3.41. The lowest BCUT2D eigenvalue weighted by atomic mass is 10.2. The van der Waals surface area contributed by atoms with E-state index >= 15 is 0 Å². The van der Waals surface area contributed by atoms with Crippen molar-refractivity contribution in [2.45, 2.75) is 12.8 Å². The zero-order valence-electron chi connectivity index (χ0n) is 14.2. The summed E-state index contributed by atoms with van der Waals surface area (Å²) >= 11 is 0. The number of ether oxygens (including phenoxy) is 2. The molecule has 0 atom stereocenters. The molecule has 0 fully saturated rings. The Morgan fingerprint density at radius 1 is 0.962 bits per heavy atom. The molecule has 3 aromatic rings. The number of carbonyl (C=O) groups excluding carboxylic acids is 1. The van der Waals surface area contributed by atoms with E-state index in [0.717, 1.165) is 5.75 Å². The Kier molecular flexibility index (Phi) is 6.14. The number of nitrogens with zero attached hydrogens (tertiary/aromatic N) is 2. The number of para-hydroxylation sites is 1. The van der Waals surface area contributed by atoms with Crippen molar-refractivity contribution in [3.8, 4) is 17.4 Å². The molecule has 0 radical (unpaired) electrons. The highest BCUT2D eigenvalue weighted by Gasteiger charge is 2.05. The van der Waals surface area contributed by atoms with Crippen LogP contribution < -0.4 is 14.8 Å². The van der Waals surface area contributed by atoms with Crippen molar-refractivity contribution in [2.24, 2.45) is 0 Å². The largest absolute Gasteiger partial charge is 0.494 e. The van der Waals surface area contributed by atoms with Gasteiger partial charge in [-0.15, -0.1) is 5.10 Å². The van der Waals surface area contributed by atoms with Crippen molar-refractivity contribution < 1.29 is 14.3 Å². The van der Waals surface area contributed by atoms with Gasteiger partial charge in [-0.1, -0.05) is 24.3 Å². The van der Waals surface area contributed by atoms with Crippen LogP contribution in [0.5, 0.6) is 17.4 Å². The second kappa shape index (κ2) is 9.17. The molecular weight excluding hydrogens is 330 g/mol. The van der Waals surface area contributed by atoms with E-state index in [4.69, 9.17) is 9.47 Å². The molecule has 0 aliphatic carbocycles. The minimum atomic E-state index is -0.0710. The summed E-state index contributed by atoms with van der Waals surface area (Å²) in [7, 11) is 0. The van der Waals surface area contributed by atoms with Crippen LogP contribution in [-0.2, 0) is 4.79 Å². The maximum absolute atomic E-state index is 12.1. The molecule has 2 aromatic carbocycles. The van der Waals surface area contributed by atoms with Gasteiger partial charge < -0.3 is 14.8 Å². The Bertz CT molecular complexity index is 826. The van der Waals surface area contributed by atoms with Crippen LogP contribution in [0, 0.1) is 0 Å². The molecule has 0 saturated carbocycles. The number of aromatic nitrogens is 2. The first-order valence-corrected chi connectivity index (χ1v) is 8.33. The average molecular weight is 349 g/mol. The predicted octanol–water partition coefficient (Wildman–Crippen LogP) is 4.07. The fourth-order valence-corrected chi connectivity index (χ4v) is 2.26. The third-order valence-corrected chi connectivity index (χ3v) is 3.45. The molecule has 6 nitrogen and oxygen atoms in total. The van der Waals surface area contributed by atoms with E-state index in [9.17, 15) is 4.79 Å². The van der Waals surface area contributed by atoms with E-state index < -0.39 is 0 Å². The Morgan fingerprint density at radius 3 is 2.62 bits per heavy atom. The second-order valence-corrected chi connectivity index (χ2v) is 5.51. The Balaban J connectivity index is 1.44. The molecule has 0 bridgehead atoms. The highest BCUT2D eigenvalue weighted by atomic mass is 16.5. The monoisotopic (exact) mass is 349 g/mol. The summed E-state index contributed by atoms with van der Waals surface area (Å²) in [5, 5.41) is 10.5. The fraction of sp³-hybridized carbons (Fsp3) is 0.150. The molecule has 1 aromatic heterocycles. The molecule has 3 rings (SSSR count). The van der Waals surface area contributed by atoms with Gasteiger partial charge >= 0.3 is 0 Å². The third kappa shape index (κ3) is 5.59. The summed E-state index contributed by atoms with van der Waals surface area (Å²) in [6.07, 6.45) is 2.59. The van der Waals surface area contributed by atoms with Crippen LogP contribution in [0.15, 0.2) is 72.9 Å². The highest BCUT2D eigenvalue weighted by Crippen LogP contribution is 2.22. The number of amides is 1. The van der Waals surface area contributed by atoms with Gasteiger partial charge in [-0.05, 0) is 36.8 Å². The van der Waals surface area contributed by atoms with E-state index in [1.54, 1.807) is 36.5 Å². The van der Waals surface area contributed by atoms with Crippen molar-refractivity contribution in [3.63, 3.8) is 0 Å². The van der Waals surface area contributed by atoms with Gasteiger partial charge in [0.05, 0.1) is 6.61 Å². The number of rotatable bonds is 8. The molecule has 26 heavy (non-hydrogen) atoms. The van der Waals surface area contributed by atoms with Crippen LogP contribution in [0.1, 0.15) is 12.8 Å². The quantitative estimate of drug-likeness (QED) is 0.621. The summed E-state index contributed by atoms with van der Waals surface area (Å²) in [6, 6.07) is 20.1. The molecule has 0 spiro atoms. The molecule has 0 aliphatic heterocycles. The fourth-order valence-electron chi connectivity index (χ4n) is 2.26. The molecule has 6 heteroatoms. The summed E-state index contributed by atoms with van der Waals surface area (Å²) in [5.74, 6) is 1.71. The normalized spacial score (nSPS) is 10.2. The molecule has 1 N–H and O–H groups in total. The first-order valence-electron chi connectivity index (χ1n) is 8.33. The smallest absolute Gasteiger partial charge is 0.238 e. The minimum absolute atomic E-state index is 0.0710. The topological polar surface area (TPSA) is 73.3 Å². The SMILES string of the molecule is O=C(CCCOc1ccccc1)Nc1cccc(Oc2cccnn2)c1. The number of benzene rings is 2. The van der Waals surface area contributed by atoms with Crippen molar-refractivity contribution >= 4 is 11.6 Å². The van der Waals surface area contributed by atoms with Gasteiger partial charge in [0.1, 0.15) is 11.5 Å². The maximum Gasteiger partial charge on any atom is 0.238 e. The van der Waals surface area contributed by atoms with E-state index in [2.05, 4.69) is 15.5 Å². The summed E-state index contributed by atoms with van der Waals surface area (Å²) in [5.41, 5.74) is 0.667. The van der Waals surface area contributed by atoms with Crippen LogP contribution in [0.4, 0.5) is 5.69 Å². The van der Waals surface area contributed by atoms with Crippen LogP contribution in [0.2, 0.25) is 0 Å². The first-order chi connectivity index (χ1) is 12.8. The number of carbonyl (C=O) groups is 1. The van der Waals surface area contributed by atoms with Gasteiger partial charge in [-0.3, -0.25) is 4.79 Å². The average Bonchev–Trinajstić information content (AvgIpc) is 2.67. The van der Waals surface area contributed by atoms with Crippen LogP contribution in [-0.4, -0.2) is 22.7 Å². The number of anilines is 1. The van der Waals surface area contributed by atoms with Crippen LogP contribution >= 0.6 is 0 Å². The number of hydrogen-bond donors (Lipinski definition) is 1. The molecule has 132 valence electrons.